The molecule has 1 aliphatic rings. The van der Waals surface area contributed by atoms with Gasteiger partial charge < -0.3 is 15.2 Å². The van der Waals surface area contributed by atoms with Crippen LogP contribution in [-0.4, -0.2) is 39.1 Å². The Labute approximate surface area is 142 Å². The quantitative estimate of drug-likeness (QED) is 0.758. The number of imidazole rings is 1. The average molecular weight is 349 g/mol. The van der Waals surface area contributed by atoms with Gasteiger partial charge in [-0.25, -0.2) is 15.0 Å². The molecule has 0 aromatic carbocycles. The molecule has 8 heteroatoms. The molecule has 0 radical (unpaired) electrons. The van der Waals surface area contributed by atoms with Crippen molar-refractivity contribution in [3.63, 3.8) is 0 Å². The summed E-state index contributed by atoms with van der Waals surface area (Å²) in [6.45, 7) is 2.85. The fraction of sp³-hybridized carbons (Fsp3) is 0.400. The van der Waals surface area contributed by atoms with Crippen LogP contribution in [0.15, 0.2) is 24.8 Å². The topological polar surface area (TPSA) is 69.7 Å². The summed E-state index contributed by atoms with van der Waals surface area (Å²) >= 11 is 7.61. The van der Waals surface area contributed by atoms with Gasteiger partial charge in [-0.15, -0.1) is 11.3 Å². The molecule has 1 fully saturated rings. The van der Waals surface area contributed by atoms with Gasteiger partial charge in [0.25, 0.3) is 0 Å². The van der Waals surface area contributed by atoms with E-state index in [1.807, 2.05) is 6.07 Å². The first kappa shape index (κ1) is 14.9. The molecule has 3 aromatic heterocycles. The molecule has 0 aliphatic carbocycles. The van der Waals surface area contributed by atoms with Gasteiger partial charge in [0.05, 0.1) is 10.7 Å². The van der Waals surface area contributed by atoms with E-state index in [1.54, 1.807) is 24.0 Å². The van der Waals surface area contributed by atoms with E-state index in [4.69, 9.17) is 11.6 Å². The van der Waals surface area contributed by atoms with Gasteiger partial charge in [-0.05, 0) is 25.0 Å². The molecule has 0 bridgehead atoms. The van der Waals surface area contributed by atoms with Crippen LogP contribution in [0, 0.1) is 0 Å². The predicted octanol–water partition coefficient (Wildman–Crippen LogP) is 2.83. The minimum Gasteiger partial charge on any atom is -0.355 e. The Kier molecular flexibility index (Phi) is 4.15. The van der Waals surface area contributed by atoms with Crippen molar-refractivity contribution in [2.75, 3.05) is 18.0 Å². The third kappa shape index (κ3) is 3.17. The molecule has 6 nitrogen and oxygen atoms in total. The van der Waals surface area contributed by atoms with E-state index in [9.17, 15) is 0 Å². The number of aromatic amines is 1. The second-order valence-corrected chi connectivity index (χ2v) is 7.45. The Balaban J connectivity index is 1.36. The standard InChI is InChI=1S/C15H17ClN6S/c16-12-2-1-11(23-12)7-17-10-3-5-22(6-4-10)15-13-14(19-8-18-13)20-9-21-15/h1-2,8-10,17H,3-7H2,(H,18,19,20,21). The lowest BCUT2D eigenvalue weighted by Gasteiger charge is -2.33. The Morgan fingerprint density at radius 2 is 2.13 bits per heavy atom. The number of nitrogens with one attached hydrogen (secondary N) is 2. The molecule has 120 valence electrons. The third-order valence-corrected chi connectivity index (χ3v) is 5.42. The first-order chi connectivity index (χ1) is 11.3. The number of halogens is 1. The van der Waals surface area contributed by atoms with Crippen LogP contribution in [0.25, 0.3) is 11.2 Å². The molecule has 2 N–H and O–H groups in total. The molecular formula is C15H17ClN6S. The molecule has 23 heavy (non-hydrogen) atoms. The van der Waals surface area contributed by atoms with Gasteiger partial charge in [0.2, 0.25) is 0 Å². The van der Waals surface area contributed by atoms with Crippen LogP contribution in [0.1, 0.15) is 17.7 Å². The summed E-state index contributed by atoms with van der Waals surface area (Å²) in [7, 11) is 0. The summed E-state index contributed by atoms with van der Waals surface area (Å²) < 4.78 is 0.851. The Hall–Kier alpha value is -1.70. The number of anilines is 1. The first-order valence-electron chi connectivity index (χ1n) is 7.66. The molecule has 4 heterocycles. The average Bonchev–Trinajstić information content (AvgIpc) is 3.22. The Bertz CT molecular complexity index is 792. The number of hydrogen-bond acceptors (Lipinski definition) is 6. The molecule has 3 aromatic rings. The van der Waals surface area contributed by atoms with Gasteiger partial charge in [-0.3, -0.25) is 0 Å². The summed E-state index contributed by atoms with van der Waals surface area (Å²) in [5, 5.41) is 3.63. The highest BCUT2D eigenvalue weighted by Crippen LogP contribution is 2.24. The van der Waals surface area contributed by atoms with E-state index in [1.165, 1.54) is 4.88 Å². The minimum absolute atomic E-state index is 0.534. The second kappa shape index (κ2) is 6.43. The van der Waals surface area contributed by atoms with E-state index in [0.717, 1.165) is 53.8 Å². The van der Waals surface area contributed by atoms with Crippen LogP contribution in [0.2, 0.25) is 4.34 Å². The van der Waals surface area contributed by atoms with Gasteiger partial charge in [-0.1, -0.05) is 11.6 Å². The predicted molar refractivity (Wildman–Crippen MR) is 93.1 cm³/mol. The number of fused-ring (bicyclic) bond motifs is 1. The highest BCUT2D eigenvalue weighted by atomic mass is 35.5. The second-order valence-electron chi connectivity index (χ2n) is 5.65. The molecule has 0 amide bonds. The van der Waals surface area contributed by atoms with Crippen LogP contribution in [0.5, 0.6) is 0 Å². The summed E-state index contributed by atoms with van der Waals surface area (Å²) in [5.74, 6) is 0.955. The van der Waals surface area contributed by atoms with Crippen molar-refractivity contribution < 1.29 is 0 Å². The van der Waals surface area contributed by atoms with Crippen molar-refractivity contribution in [3.05, 3.63) is 34.0 Å². The molecule has 0 atom stereocenters. The lowest BCUT2D eigenvalue weighted by atomic mass is 10.0. The van der Waals surface area contributed by atoms with Crippen LogP contribution < -0.4 is 10.2 Å². The molecular weight excluding hydrogens is 332 g/mol. The van der Waals surface area contributed by atoms with Crippen LogP contribution >= 0.6 is 22.9 Å². The summed E-state index contributed by atoms with van der Waals surface area (Å²) in [5.41, 5.74) is 1.65. The fourth-order valence-corrected chi connectivity index (χ4v) is 4.02. The summed E-state index contributed by atoms with van der Waals surface area (Å²) in [6.07, 6.45) is 5.45. The van der Waals surface area contributed by atoms with E-state index >= 15 is 0 Å². The molecule has 0 spiro atoms. The van der Waals surface area contributed by atoms with Crippen molar-refractivity contribution in [2.45, 2.75) is 25.4 Å². The molecule has 0 saturated carbocycles. The highest BCUT2D eigenvalue weighted by molar-refractivity contribution is 7.16. The van der Waals surface area contributed by atoms with Crippen LogP contribution in [0.4, 0.5) is 5.82 Å². The van der Waals surface area contributed by atoms with Crippen molar-refractivity contribution in [2.24, 2.45) is 0 Å². The molecule has 4 rings (SSSR count). The zero-order valence-electron chi connectivity index (χ0n) is 12.5. The summed E-state index contributed by atoms with van der Waals surface area (Å²) in [4.78, 5) is 19.5. The van der Waals surface area contributed by atoms with E-state index < -0.39 is 0 Å². The van der Waals surface area contributed by atoms with Gasteiger partial charge in [0.1, 0.15) is 11.8 Å². The monoisotopic (exact) mass is 348 g/mol. The smallest absolute Gasteiger partial charge is 0.182 e. The number of H-pyrrole nitrogens is 1. The molecule has 0 unspecified atom stereocenters. The minimum atomic E-state index is 0.534. The van der Waals surface area contributed by atoms with E-state index in [0.29, 0.717) is 6.04 Å². The highest BCUT2D eigenvalue weighted by Gasteiger charge is 2.22. The van der Waals surface area contributed by atoms with Gasteiger partial charge in [0, 0.05) is 30.6 Å². The maximum Gasteiger partial charge on any atom is 0.182 e. The lowest BCUT2D eigenvalue weighted by molar-refractivity contribution is 0.414. The number of rotatable bonds is 4. The zero-order chi connectivity index (χ0) is 15.6. The van der Waals surface area contributed by atoms with Gasteiger partial charge in [-0.2, -0.15) is 0 Å². The SMILES string of the molecule is Clc1ccc(CNC2CCN(c3ncnc4nc[nH]c34)CC2)s1. The number of hydrogen-bond donors (Lipinski definition) is 2. The van der Waals surface area contributed by atoms with Crippen LogP contribution in [0.3, 0.4) is 0 Å². The van der Waals surface area contributed by atoms with Gasteiger partial charge >= 0.3 is 0 Å². The maximum atomic E-state index is 5.97. The molecule has 1 aliphatic heterocycles. The Morgan fingerprint density at radius 3 is 2.91 bits per heavy atom. The van der Waals surface area contributed by atoms with Crippen molar-refractivity contribution in [3.8, 4) is 0 Å². The lowest BCUT2D eigenvalue weighted by Crippen LogP contribution is -2.42. The maximum absolute atomic E-state index is 5.97. The largest absolute Gasteiger partial charge is 0.355 e. The first-order valence-corrected chi connectivity index (χ1v) is 8.85. The number of thiophene rings is 1. The normalized spacial score (nSPS) is 16.3. The van der Waals surface area contributed by atoms with Crippen molar-refractivity contribution in [1.29, 1.82) is 0 Å². The number of nitrogens with zero attached hydrogens (tertiary/aromatic N) is 4. The van der Waals surface area contributed by atoms with Gasteiger partial charge in [0.15, 0.2) is 11.5 Å². The van der Waals surface area contributed by atoms with E-state index in [2.05, 4.69) is 36.2 Å². The zero-order valence-corrected chi connectivity index (χ0v) is 14.1. The number of piperidine rings is 1. The van der Waals surface area contributed by atoms with Crippen LogP contribution in [-0.2, 0) is 6.54 Å². The Morgan fingerprint density at radius 1 is 1.26 bits per heavy atom. The van der Waals surface area contributed by atoms with E-state index in [-0.39, 0.29) is 0 Å². The van der Waals surface area contributed by atoms with Crippen molar-refractivity contribution in [1.82, 2.24) is 25.3 Å². The van der Waals surface area contributed by atoms with Crippen molar-refractivity contribution >= 4 is 39.9 Å². The summed E-state index contributed by atoms with van der Waals surface area (Å²) in [6, 6.07) is 4.58. The molecule has 1 saturated heterocycles. The fourth-order valence-electron chi connectivity index (χ4n) is 2.98. The number of aromatic nitrogens is 4. The third-order valence-electron chi connectivity index (χ3n) is 4.19.